The van der Waals surface area contributed by atoms with E-state index in [0.717, 1.165) is 0 Å². The lowest BCUT2D eigenvalue weighted by atomic mass is 9.91. The molecule has 1 aliphatic rings. The van der Waals surface area contributed by atoms with Gasteiger partial charge >= 0.3 is 0 Å². The lowest BCUT2D eigenvalue weighted by Crippen LogP contribution is -2.31. The third-order valence-corrected chi connectivity index (χ3v) is 5.06. The third-order valence-electron chi connectivity index (χ3n) is 2.03. The summed E-state index contributed by atoms with van der Waals surface area (Å²) in [6.07, 6.45) is 5.39. The minimum Gasteiger partial charge on any atom is -0.0876 e. The van der Waals surface area contributed by atoms with Crippen molar-refractivity contribution in [3.8, 4) is 0 Å². The minimum atomic E-state index is 0.366. The zero-order valence-corrected chi connectivity index (χ0v) is 8.83. The smallest absolute Gasteiger partial charge is 0.0354 e. The van der Waals surface area contributed by atoms with Crippen LogP contribution in [0.15, 0.2) is 0 Å². The fourth-order valence-corrected chi connectivity index (χ4v) is 2.31. The van der Waals surface area contributed by atoms with Gasteiger partial charge in [-0.05, 0) is 19.8 Å². The summed E-state index contributed by atoms with van der Waals surface area (Å²) in [5.41, 5.74) is 0. The second-order valence-electron chi connectivity index (χ2n) is 2.99. The zero-order valence-electron chi connectivity index (χ0n) is 5.66. The van der Waals surface area contributed by atoms with E-state index in [1.54, 1.807) is 0 Å². The third kappa shape index (κ3) is 1.94. The fraction of sp³-hybridized carbons (Fsp3) is 1.00. The molecule has 0 aliphatic heterocycles. The van der Waals surface area contributed by atoms with Crippen molar-refractivity contribution in [3.63, 3.8) is 0 Å². The second kappa shape index (κ2) is 2.91. The second-order valence-corrected chi connectivity index (χ2v) is 5.91. The van der Waals surface area contributed by atoms with E-state index in [-0.39, 0.29) is 0 Å². The molecule has 0 heterocycles. The van der Waals surface area contributed by atoms with Crippen molar-refractivity contribution in [2.45, 2.75) is 41.8 Å². The summed E-state index contributed by atoms with van der Waals surface area (Å²) in [5.74, 6) is 0. The van der Waals surface area contributed by atoms with Crippen molar-refractivity contribution < 1.29 is 0 Å². The molecule has 9 heavy (non-hydrogen) atoms. The van der Waals surface area contributed by atoms with Crippen molar-refractivity contribution in [1.82, 2.24) is 0 Å². The molecule has 1 saturated carbocycles. The average molecular weight is 256 g/mol. The summed E-state index contributed by atoms with van der Waals surface area (Å²) in [5, 5.41) is 0. The summed E-state index contributed by atoms with van der Waals surface area (Å²) >= 11 is 7.37. The maximum atomic E-state index is 3.71. The molecule has 0 saturated heterocycles. The fourth-order valence-electron chi connectivity index (χ4n) is 1.25. The predicted octanol–water partition coefficient (Wildman–Crippen LogP) is 3.48. The Morgan fingerprint density at radius 3 is 2.44 bits per heavy atom. The van der Waals surface area contributed by atoms with E-state index >= 15 is 0 Å². The molecule has 0 aromatic heterocycles. The molecule has 0 N–H and O–H groups in total. The Morgan fingerprint density at radius 1 is 1.44 bits per heavy atom. The molecule has 0 aromatic carbocycles. The van der Waals surface area contributed by atoms with Gasteiger partial charge in [0.2, 0.25) is 0 Å². The molecule has 1 aliphatic carbocycles. The van der Waals surface area contributed by atoms with Crippen molar-refractivity contribution in [1.29, 1.82) is 0 Å². The molecule has 1 fully saturated rings. The van der Waals surface area contributed by atoms with Gasteiger partial charge in [0.25, 0.3) is 0 Å². The quantitative estimate of drug-likeness (QED) is 0.582. The molecule has 0 aromatic rings. The highest BCUT2D eigenvalue weighted by Gasteiger charge is 2.31. The van der Waals surface area contributed by atoms with Crippen LogP contribution < -0.4 is 0 Å². The Morgan fingerprint density at radius 2 is 2.11 bits per heavy atom. The van der Waals surface area contributed by atoms with Crippen molar-refractivity contribution in [2.24, 2.45) is 0 Å². The first kappa shape index (κ1) is 8.06. The number of halogens is 2. The van der Waals surface area contributed by atoms with Gasteiger partial charge in [-0.15, -0.1) is 0 Å². The van der Waals surface area contributed by atoms with Crippen LogP contribution in [0.3, 0.4) is 0 Å². The minimum absolute atomic E-state index is 0.366. The predicted molar refractivity (Wildman–Crippen MR) is 48.5 cm³/mol. The van der Waals surface area contributed by atoms with E-state index in [9.17, 15) is 0 Å². The van der Waals surface area contributed by atoms with E-state index in [2.05, 4.69) is 38.8 Å². The van der Waals surface area contributed by atoms with E-state index in [1.165, 1.54) is 25.7 Å². The Balaban J connectivity index is 2.49. The highest BCUT2D eigenvalue weighted by molar-refractivity contribution is 9.12. The van der Waals surface area contributed by atoms with Crippen LogP contribution in [0, 0.1) is 0 Å². The van der Waals surface area contributed by atoms with Gasteiger partial charge in [-0.1, -0.05) is 44.7 Å². The standard InChI is InChI=1S/C7H12Br2/c1-7(9)5-3-2-4-6(7)8/h6H,2-5H2,1H3/t6-,7-/m1/s1. The molecule has 0 bridgehead atoms. The number of alkyl halides is 2. The Kier molecular flexibility index (Phi) is 2.61. The summed E-state index contributed by atoms with van der Waals surface area (Å²) in [6, 6.07) is 0. The van der Waals surface area contributed by atoms with Gasteiger partial charge in [0.15, 0.2) is 0 Å². The number of rotatable bonds is 0. The zero-order chi connectivity index (χ0) is 6.91. The molecule has 0 spiro atoms. The van der Waals surface area contributed by atoms with Crippen LogP contribution in [0.5, 0.6) is 0 Å². The van der Waals surface area contributed by atoms with Crippen LogP contribution in [-0.4, -0.2) is 9.15 Å². The van der Waals surface area contributed by atoms with E-state index in [4.69, 9.17) is 0 Å². The molecule has 2 heteroatoms. The van der Waals surface area contributed by atoms with Crippen LogP contribution in [0.4, 0.5) is 0 Å². The summed E-state index contributed by atoms with van der Waals surface area (Å²) in [7, 11) is 0. The van der Waals surface area contributed by atoms with Gasteiger partial charge in [0, 0.05) is 9.15 Å². The maximum Gasteiger partial charge on any atom is 0.0354 e. The van der Waals surface area contributed by atoms with Gasteiger partial charge in [-0.25, -0.2) is 0 Å². The van der Waals surface area contributed by atoms with Crippen LogP contribution in [0.1, 0.15) is 32.6 Å². The summed E-state index contributed by atoms with van der Waals surface area (Å²) in [6.45, 7) is 2.27. The molecule has 1 rings (SSSR count). The van der Waals surface area contributed by atoms with Crippen LogP contribution in [0.2, 0.25) is 0 Å². The van der Waals surface area contributed by atoms with Crippen LogP contribution >= 0.6 is 31.9 Å². The molecule has 54 valence electrons. The number of hydrogen-bond acceptors (Lipinski definition) is 0. The maximum absolute atomic E-state index is 3.71. The van der Waals surface area contributed by atoms with Crippen molar-refractivity contribution in [2.75, 3.05) is 0 Å². The van der Waals surface area contributed by atoms with Gasteiger partial charge in [-0.2, -0.15) is 0 Å². The topological polar surface area (TPSA) is 0 Å². The van der Waals surface area contributed by atoms with Crippen LogP contribution in [0.25, 0.3) is 0 Å². The molecule has 0 amide bonds. The highest BCUT2D eigenvalue weighted by Crippen LogP contribution is 2.39. The highest BCUT2D eigenvalue weighted by atomic mass is 79.9. The Bertz CT molecular complexity index is 99.1. The summed E-state index contributed by atoms with van der Waals surface area (Å²) < 4.78 is 0.366. The molecular formula is C7H12Br2. The largest absolute Gasteiger partial charge is 0.0876 e. The first-order chi connectivity index (χ1) is 4.13. The first-order valence-corrected chi connectivity index (χ1v) is 5.17. The van der Waals surface area contributed by atoms with E-state index in [1.807, 2.05) is 0 Å². The number of hydrogen-bond donors (Lipinski definition) is 0. The van der Waals surface area contributed by atoms with Gasteiger partial charge in [0.1, 0.15) is 0 Å². The SMILES string of the molecule is C[C@@]1(Br)CCCC[C@H]1Br. The lowest BCUT2D eigenvalue weighted by Gasteiger charge is -2.32. The Labute approximate surface area is 73.7 Å². The average Bonchev–Trinajstić information content (AvgIpc) is 1.77. The normalized spacial score (nSPS) is 45.0. The first-order valence-electron chi connectivity index (χ1n) is 3.46. The van der Waals surface area contributed by atoms with E-state index in [0.29, 0.717) is 9.15 Å². The molecular weight excluding hydrogens is 244 g/mol. The molecule has 0 radical (unpaired) electrons. The monoisotopic (exact) mass is 254 g/mol. The van der Waals surface area contributed by atoms with E-state index < -0.39 is 0 Å². The van der Waals surface area contributed by atoms with Crippen LogP contribution in [-0.2, 0) is 0 Å². The molecule has 0 nitrogen and oxygen atoms in total. The Hall–Kier alpha value is 0.960. The summed E-state index contributed by atoms with van der Waals surface area (Å²) in [4.78, 5) is 0.679. The van der Waals surface area contributed by atoms with Crippen molar-refractivity contribution in [3.05, 3.63) is 0 Å². The van der Waals surface area contributed by atoms with Crippen molar-refractivity contribution >= 4 is 31.9 Å². The lowest BCUT2D eigenvalue weighted by molar-refractivity contribution is 0.447. The molecule has 0 unspecified atom stereocenters. The van der Waals surface area contributed by atoms with Gasteiger partial charge in [-0.3, -0.25) is 0 Å². The molecule has 2 atom stereocenters. The van der Waals surface area contributed by atoms with Gasteiger partial charge in [0.05, 0.1) is 0 Å². The van der Waals surface area contributed by atoms with Gasteiger partial charge < -0.3 is 0 Å².